The minimum absolute atomic E-state index is 0.103. The fourth-order valence-corrected chi connectivity index (χ4v) is 1.55. The fourth-order valence-electron chi connectivity index (χ4n) is 1.55. The van der Waals surface area contributed by atoms with Crippen LogP contribution in [0, 0.1) is 5.41 Å². The number of nitrogens with zero attached hydrogens (tertiary/aromatic N) is 3. The Morgan fingerprint density at radius 1 is 1.50 bits per heavy atom. The number of rotatable bonds is 4. The zero-order valence-corrected chi connectivity index (χ0v) is 10.8. The van der Waals surface area contributed by atoms with Crippen LogP contribution in [0.5, 0.6) is 0 Å². The van der Waals surface area contributed by atoms with Gasteiger partial charge < -0.3 is 15.8 Å². The Labute approximate surface area is 106 Å². The largest absolute Gasteiger partial charge is 0.409 e. The Kier molecular flexibility index (Phi) is 4.25. The lowest BCUT2D eigenvalue weighted by Gasteiger charge is -2.28. The Morgan fingerprint density at radius 3 is 2.56 bits per heavy atom. The molecule has 0 saturated carbocycles. The SMILES string of the molecule is CN(Cc1ccncc1)C(=O)C(C)(C)C(N)=NO. The van der Waals surface area contributed by atoms with Gasteiger partial charge in [0.25, 0.3) is 0 Å². The highest BCUT2D eigenvalue weighted by atomic mass is 16.4. The minimum atomic E-state index is -1.03. The first-order valence-corrected chi connectivity index (χ1v) is 5.52. The Hall–Kier alpha value is -2.11. The summed E-state index contributed by atoms with van der Waals surface area (Å²) >= 11 is 0. The molecule has 1 amide bonds. The van der Waals surface area contributed by atoms with Crippen LogP contribution in [0.15, 0.2) is 29.7 Å². The first kappa shape index (κ1) is 14.0. The summed E-state index contributed by atoms with van der Waals surface area (Å²) in [4.78, 5) is 17.7. The lowest BCUT2D eigenvalue weighted by atomic mass is 9.90. The maximum Gasteiger partial charge on any atom is 0.235 e. The summed E-state index contributed by atoms with van der Waals surface area (Å²) in [6.45, 7) is 3.68. The molecule has 0 aliphatic heterocycles. The molecule has 0 saturated heterocycles. The molecule has 0 bridgehead atoms. The van der Waals surface area contributed by atoms with Gasteiger partial charge in [0, 0.05) is 26.0 Å². The third-order valence-electron chi connectivity index (χ3n) is 2.80. The number of oxime groups is 1. The van der Waals surface area contributed by atoms with E-state index in [1.54, 1.807) is 33.3 Å². The number of hydrogen-bond donors (Lipinski definition) is 2. The van der Waals surface area contributed by atoms with Gasteiger partial charge in [-0.25, -0.2) is 0 Å². The van der Waals surface area contributed by atoms with Gasteiger partial charge in [0.05, 0.1) is 0 Å². The van der Waals surface area contributed by atoms with E-state index in [9.17, 15) is 4.79 Å². The molecule has 0 spiro atoms. The molecule has 1 aromatic heterocycles. The molecule has 1 aromatic rings. The first-order chi connectivity index (χ1) is 8.39. The molecular formula is C12H18N4O2. The van der Waals surface area contributed by atoms with E-state index in [1.807, 2.05) is 12.1 Å². The van der Waals surface area contributed by atoms with Gasteiger partial charge in [-0.2, -0.15) is 0 Å². The van der Waals surface area contributed by atoms with Crippen LogP contribution in [0.3, 0.4) is 0 Å². The molecule has 1 rings (SSSR count). The molecule has 0 aliphatic rings. The van der Waals surface area contributed by atoms with Crippen LogP contribution in [-0.4, -0.2) is 33.9 Å². The predicted molar refractivity (Wildman–Crippen MR) is 67.9 cm³/mol. The van der Waals surface area contributed by atoms with Gasteiger partial charge in [-0.05, 0) is 31.5 Å². The average molecular weight is 250 g/mol. The average Bonchev–Trinajstić information content (AvgIpc) is 2.37. The molecule has 0 aliphatic carbocycles. The second-order valence-corrected chi connectivity index (χ2v) is 4.63. The van der Waals surface area contributed by atoms with Crippen molar-refractivity contribution in [1.82, 2.24) is 9.88 Å². The molecule has 0 aromatic carbocycles. The molecule has 3 N–H and O–H groups in total. The number of amides is 1. The van der Waals surface area contributed by atoms with Crippen LogP contribution >= 0.6 is 0 Å². The third-order valence-corrected chi connectivity index (χ3v) is 2.80. The van der Waals surface area contributed by atoms with Gasteiger partial charge in [-0.3, -0.25) is 9.78 Å². The van der Waals surface area contributed by atoms with Crippen LogP contribution in [0.25, 0.3) is 0 Å². The first-order valence-electron chi connectivity index (χ1n) is 5.52. The Bertz CT molecular complexity index is 443. The molecule has 1 heterocycles. The smallest absolute Gasteiger partial charge is 0.235 e. The summed E-state index contributed by atoms with van der Waals surface area (Å²) < 4.78 is 0. The molecule has 0 unspecified atom stereocenters. The van der Waals surface area contributed by atoms with Crippen molar-refractivity contribution in [3.8, 4) is 0 Å². The van der Waals surface area contributed by atoms with Gasteiger partial charge in [0.2, 0.25) is 5.91 Å². The van der Waals surface area contributed by atoms with Crippen LogP contribution in [0.1, 0.15) is 19.4 Å². The van der Waals surface area contributed by atoms with E-state index in [4.69, 9.17) is 10.9 Å². The van der Waals surface area contributed by atoms with E-state index in [0.29, 0.717) is 6.54 Å². The van der Waals surface area contributed by atoms with Crippen molar-refractivity contribution >= 4 is 11.7 Å². The van der Waals surface area contributed by atoms with Crippen molar-refractivity contribution in [2.24, 2.45) is 16.3 Å². The monoisotopic (exact) mass is 250 g/mol. The molecule has 0 fully saturated rings. The second-order valence-electron chi connectivity index (χ2n) is 4.63. The zero-order chi connectivity index (χ0) is 13.8. The van der Waals surface area contributed by atoms with Crippen molar-refractivity contribution in [2.75, 3.05) is 7.05 Å². The second kappa shape index (κ2) is 5.48. The van der Waals surface area contributed by atoms with Crippen LogP contribution < -0.4 is 5.73 Å². The fraction of sp³-hybridized carbons (Fsp3) is 0.417. The highest BCUT2D eigenvalue weighted by Crippen LogP contribution is 2.19. The third kappa shape index (κ3) is 2.97. The number of amidine groups is 1. The predicted octanol–water partition coefficient (Wildman–Crippen LogP) is 0.813. The van der Waals surface area contributed by atoms with E-state index in [-0.39, 0.29) is 11.7 Å². The summed E-state index contributed by atoms with van der Waals surface area (Å²) in [6.07, 6.45) is 3.34. The molecule has 98 valence electrons. The van der Waals surface area contributed by atoms with Gasteiger partial charge in [0.1, 0.15) is 5.41 Å². The molecule has 0 radical (unpaired) electrons. The molecule has 0 atom stereocenters. The molecule has 6 heteroatoms. The maximum absolute atomic E-state index is 12.2. The number of hydrogen-bond acceptors (Lipinski definition) is 4. The summed E-state index contributed by atoms with van der Waals surface area (Å²) in [5, 5.41) is 11.6. The normalized spacial score (nSPS) is 12.3. The van der Waals surface area contributed by atoms with Crippen molar-refractivity contribution in [3.63, 3.8) is 0 Å². The standard InChI is InChI=1S/C12H18N4O2/c1-12(2,10(13)15-18)11(17)16(3)8-9-4-6-14-7-5-9/h4-7,18H,8H2,1-3H3,(H2,13,15). The van der Waals surface area contributed by atoms with Crippen molar-refractivity contribution < 1.29 is 10.0 Å². The maximum atomic E-state index is 12.2. The lowest BCUT2D eigenvalue weighted by Crippen LogP contribution is -2.46. The van der Waals surface area contributed by atoms with Crippen LogP contribution in [0.4, 0.5) is 0 Å². The number of nitrogens with two attached hydrogens (primary N) is 1. The van der Waals surface area contributed by atoms with E-state index < -0.39 is 5.41 Å². The Morgan fingerprint density at radius 2 is 2.06 bits per heavy atom. The van der Waals surface area contributed by atoms with Gasteiger partial charge in [-0.15, -0.1) is 0 Å². The highest BCUT2D eigenvalue weighted by molar-refractivity contribution is 6.05. The molecule has 6 nitrogen and oxygen atoms in total. The zero-order valence-electron chi connectivity index (χ0n) is 10.8. The highest BCUT2D eigenvalue weighted by Gasteiger charge is 2.35. The molecular weight excluding hydrogens is 232 g/mol. The van der Waals surface area contributed by atoms with E-state index in [2.05, 4.69) is 10.1 Å². The minimum Gasteiger partial charge on any atom is -0.409 e. The lowest BCUT2D eigenvalue weighted by molar-refractivity contribution is -0.136. The van der Waals surface area contributed by atoms with Crippen molar-refractivity contribution in [3.05, 3.63) is 30.1 Å². The quantitative estimate of drug-likeness (QED) is 0.358. The van der Waals surface area contributed by atoms with E-state index in [1.165, 1.54) is 4.90 Å². The summed E-state index contributed by atoms with van der Waals surface area (Å²) in [5.74, 6) is -0.316. The number of pyridine rings is 1. The van der Waals surface area contributed by atoms with E-state index in [0.717, 1.165) is 5.56 Å². The van der Waals surface area contributed by atoms with Crippen molar-refractivity contribution in [2.45, 2.75) is 20.4 Å². The van der Waals surface area contributed by atoms with Gasteiger partial charge in [0.15, 0.2) is 5.84 Å². The Balaban J connectivity index is 2.79. The van der Waals surface area contributed by atoms with Crippen molar-refractivity contribution in [1.29, 1.82) is 0 Å². The van der Waals surface area contributed by atoms with Crippen LogP contribution in [-0.2, 0) is 11.3 Å². The summed E-state index contributed by atoms with van der Waals surface area (Å²) in [5.41, 5.74) is 5.46. The number of carbonyl (C=O) groups is 1. The number of aromatic nitrogens is 1. The van der Waals surface area contributed by atoms with Gasteiger partial charge >= 0.3 is 0 Å². The number of carbonyl (C=O) groups excluding carboxylic acids is 1. The summed E-state index contributed by atoms with van der Waals surface area (Å²) in [6, 6.07) is 3.67. The van der Waals surface area contributed by atoms with Gasteiger partial charge in [-0.1, -0.05) is 5.16 Å². The van der Waals surface area contributed by atoms with Crippen LogP contribution in [0.2, 0.25) is 0 Å². The topological polar surface area (TPSA) is 91.8 Å². The van der Waals surface area contributed by atoms with E-state index >= 15 is 0 Å². The molecule has 18 heavy (non-hydrogen) atoms. The summed E-state index contributed by atoms with van der Waals surface area (Å²) in [7, 11) is 1.68.